The number of ether oxygens (including phenoxy) is 1. The van der Waals surface area contributed by atoms with Crippen LogP contribution in [0.2, 0.25) is 0 Å². The quantitative estimate of drug-likeness (QED) is 0.592. The van der Waals surface area contributed by atoms with E-state index in [4.69, 9.17) is 9.72 Å². The van der Waals surface area contributed by atoms with Gasteiger partial charge < -0.3 is 15.0 Å². The first-order valence-electron chi connectivity index (χ1n) is 9.54. The second kappa shape index (κ2) is 7.09. The third kappa shape index (κ3) is 3.14. The van der Waals surface area contributed by atoms with Crippen LogP contribution in [0.5, 0.6) is 0 Å². The fraction of sp³-hybridized carbons (Fsp3) is 0.286. The number of nitrogens with zero attached hydrogens (tertiary/aromatic N) is 5. The molecule has 7 heteroatoms. The summed E-state index contributed by atoms with van der Waals surface area (Å²) in [4.78, 5) is 11.7. The maximum absolute atomic E-state index is 5.41. The van der Waals surface area contributed by atoms with Crippen molar-refractivity contribution in [2.24, 2.45) is 0 Å². The number of pyridine rings is 1. The van der Waals surface area contributed by atoms with Gasteiger partial charge in [-0.25, -0.2) is 14.5 Å². The number of benzene rings is 1. The van der Waals surface area contributed by atoms with E-state index >= 15 is 0 Å². The zero-order valence-corrected chi connectivity index (χ0v) is 15.8. The van der Waals surface area contributed by atoms with E-state index in [-0.39, 0.29) is 0 Å². The first-order chi connectivity index (χ1) is 13.8. The number of hydrogen-bond acceptors (Lipinski definition) is 6. The highest BCUT2D eigenvalue weighted by molar-refractivity contribution is 5.91. The molecule has 1 aromatic carbocycles. The summed E-state index contributed by atoms with van der Waals surface area (Å²) in [6, 6.07) is 14.4. The average molecular weight is 374 g/mol. The first kappa shape index (κ1) is 16.9. The summed E-state index contributed by atoms with van der Waals surface area (Å²) < 4.78 is 7.30. The molecule has 0 atom stereocenters. The lowest BCUT2D eigenvalue weighted by molar-refractivity contribution is 0.122. The summed E-state index contributed by atoms with van der Waals surface area (Å²) in [6.07, 6.45) is 1.93. The highest BCUT2D eigenvalue weighted by Gasteiger charge is 2.13. The van der Waals surface area contributed by atoms with Crippen molar-refractivity contribution in [3.63, 3.8) is 0 Å². The van der Waals surface area contributed by atoms with Gasteiger partial charge in [-0.15, -0.1) is 0 Å². The van der Waals surface area contributed by atoms with Crippen LogP contribution in [0.25, 0.3) is 16.6 Å². The number of anilines is 2. The Morgan fingerprint density at radius 3 is 2.79 bits per heavy atom. The predicted molar refractivity (Wildman–Crippen MR) is 110 cm³/mol. The standard InChI is InChI=1S/C21H22N6O/c1-15-12-20-24-21(17-4-2-3-5-18(17)27(20)25-15)23-14-16-6-7-19(22-13-16)26-8-10-28-11-9-26/h2-7,12-13H,8-11,14H2,1H3,(H,23,24). The minimum Gasteiger partial charge on any atom is -0.378 e. The zero-order valence-electron chi connectivity index (χ0n) is 15.8. The van der Waals surface area contributed by atoms with Crippen molar-refractivity contribution >= 4 is 28.2 Å². The van der Waals surface area contributed by atoms with Crippen molar-refractivity contribution in [1.82, 2.24) is 19.6 Å². The summed E-state index contributed by atoms with van der Waals surface area (Å²) in [5.74, 6) is 1.87. The molecule has 28 heavy (non-hydrogen) atoms. The highest BCUT2D eigenvalue weighted by atomic mass is 16.5. The van der Waals surface area contributed by atoms with E-state index in [9.17, 15) is 0 Å². The van der Waals surface area contributed by atoms with Crippen molar-refractivity contribution in [2.75, 3.05) is 36.5 Å². The van der Waals surface area contributed by atoms with Crippen LogP contribution in [0.3, 0.4) is 0 Å². The molecule has 1 aliphatic heterocycles. The Labute approximate surface area is 163 Å². The van der Waals surface area contributed by atoms with Crippen LogP contribution in [0, 0.1) is 6.92 Å². The molecule has 0 amide bonds. The topological polar surface area (TPSA) is 67.6 Å². The summed E-state index contributed by atoms with van der Waals surface area (Å²) in [5.41, 5.74) is 3.97. The molecule has 0 unspecified atom stereocenters. The summed E-state index contributed by atoms with van der Waals surface area (Å²) >= 11 is 0. The lowest BCUT2D eigenvalue weighted by Crippen LogP contribution is -2.36. The number of morpholine rings is 1. The van der Waals surface area contributed by atoms with Crippen LogP contribution in [-0.2, 0) is 11.3 Å². The molecule has 0 aliphatic carbocycles. The molecular formula is C21H22N6O. The maximum atomic E-state index is 5.41. The summed E-state index contributed by atoms with van der Waals surface area (Å²) in [6.45, 7) is 5.96. The van der Waals surface area contributed by atoms with E-state index in [0.29, 0.717) is 6.54 Å². The molecule has 142 valence electrons. The second-order valence-corrected chi connectivity index (χ2v) is 7.01. The maximum Gasteiger partial charge on any atom is 0.158 e. The SMILES string of the molecule is Cc1cc2nc(NCc3ccc(N4CCOCC4)nc3)c3ccccc3n2n1. The second-order valence-electron chi connectivity index (χ2n) is 7.01. The van der Waals surface area contributed by atoms with Gasteiger partial charge in [-0.1, -0.05) is 18.2 Å². The minimum atomic E-state index is 0.663. The Morgan fingerprint density at radius 2 is 1.96 bits per heavy atom. The molecule has 4 heterocycles. The Kier molecular flexibility index (Phi) is 4.29. The Balaban J connectivity index is 1.39. The van der Waals surface area contributed by atoms with Crippen molar-refractivity contribution in [2.45, 2.75) is 13.5 Å². The first-order valence-corrected chi connectivity index (χ1v) is 9.54. The molecule has 1 fully saturated rings. The van der Waals surface area contributed by atoms with Crippen LogP contribution in [0.15, 0.2) is 48.7 Å². The van der Waals surface area contributed by atoms with E-state index in [1.807, 2.05) is 35.8 Å². The van der Waals surface area contributed by atoms with Gasteiger partial charge in [-0.05, 0) is 30.7 Å². The Hall–Kier alpha value is -3.19. The van der Waals surface area contributed by atoms with Crippen LogP contribution < -0.4 is 10.2 Å². The van der Waals surface area contributed by atoms with Gasteiger partial charge in [0.1, 0.15) is 11.6 Å². The van der Waals surface area contributed by atoms with Gasteiger partial charge in [-0.3, -0.25) is 0 Å². The monoisotopic (exact) mass is 374 g/mol. The number of nitrogens with one attached hydrogen (secondary N) is 1. The number of aryl methyl sites for hydroxylation is 1. The smallest absolute Gasteiger partial charge is 0.158 e. The van der Waals surface area contributed by atoms with E-state index in [2.05, 4.69) is 44.6 Å². The molecule has 4 aromatic rings. The van der Waals surface area contributed by atoms with Gasteiger partial charge in [0.05, 0.1) is 24.4 Å². The van der Waals surface area contributed by atoms with Crippen molar-refractivity contribution < 1.29 is 4.74 Å². The fourth-order valence-corrected chi connectivity index (χ4v) is 3.60. The summed E-state index contributed by atoms with van der Waals surface area (Å²) in [5, 5.41) is 9.09. The predicted octanol–water partition coefficient (Wildman–Crippen LogP) is 3.03. The normalized spacial score (nSPS) is 14.7. The average Bonchev–Trinajstić information content (AvgIpc) is 3.13. The largest absolute Gasteiger partial charge is 0.378 e. The minimum absolute atomic E-state index is 0.663. The van der Waals surface area contributed by atoms with Crippen LogP contribution in [0.4, 0.5) is 11.6 Å². The molecule has 1 aliphatic rings. The lowest BCUT2D eigenvalue weighted by atomic mass is 10.2. The number of rotatable bonds is 4. The van der Waals surface area contributed by atoms with Gasteiger partial charge >= 0.3 is 0 Å². The van der Waals surface area contributed by atoms with Gasteiger partial charge in [0.25, 0.3) is 0 Å². The van der Waals surface area contributed by atoms with Crippen molar-refractivity contribution in [1.29, 1.82) is 0 Å². The zero-order chi connectivity index (χ0) is 18.9. The molecule has 0 bridgehead atoms. The van der Waals surface area contributed by atoms with E-state index in [1.54, 1.807) is 0 Å². The molecule has 1 saturated heterocycles. The van der Waals surface area contributed by atoms with E-state index in [0.717, 1.165) is 65.7 Å². The number of para-hydroxylation sites is 1. The molecule has 7 nitrogen and oxygen atoms in total. The molecule has 0 saturated carbocycles. The molecule has 3 aromatic heterocycles. The van der Waals surface area contributed by atoms with Gasteiger partial charge in [0.15, 0.2) is 5.65 Å². The van der Waals surface area contributed by atoms with E-state index < -0.39 is 0 Å². The van der Waals surface area contributed by atoms with Crippen LogP contribution in [-0.4, -0.2) is 45.9 Å². The van der Waals surface area contributed by atoms with Crippen LogP contribution >= 0.6 is 0 Å². The molecule has 5 rings (SSSR count). The Morgan fingerprint density at radius 1 is 1.11 bits per heavy atom. The highest BCUT2D eigenvalue weighted by Crippen LogP contribution is 2.24. The number of fused-ring (bicyclic) bond motifs is 3. The van der Waals surface area contributed by atoms with Crippen LogP contribution in [0.1, 0.15) is 11.3 Å². The van der Waals surface area contributed by atoms with Crippen molar-refractivity contribution in [3.05, 3.63) is 59.9 Å². The molecule has 0 radical (unpaired) electrons. The molecule has 1 N–H and O–H groups in total. The third-order valence-electron chi connectivity index (χ3n) is 5.03. The fourth-order valence-electron chi connectivity index (χ4n) is 3.60. The number of aromatic nitrogens is 4. The van der Waals surface area contributed by atoms with Gasteiger partial charge in [0, 0.05) is 37.3 Å². The van der Waals surface area contributed by atoms with E-state index in [1.165, 1.54) is 0 Å². The molecular weight excluding hydrogens is 352 g/mol. The Bertz CT molecular complexity index is 1120. The third-order valence-corrected chi connectivity index (χ3v) is 5.03. The number of hydrogen-bond donors (Lipinski definition) is 1. The van der Waals surface area contributed by atoms with Gasteiger partial charge in [-0.2, -0.15) is 5.10 Å². The lowest BCUT2D eigenvalue weighted by Gasteiger charge is -2.27. The summed E-state index contributed by atoms with van der Waals surface area (Å²) in [7, 11) is 0. The van der Waals surface area contributed by atoms with Crippen molar-refractivity contribution in [3.8, 4) is 0 Å². The molecule has 0 spiro atoms. The van der Waals surface area contributed by atoms with Gasteiger partial charge in [0.2, 0.25) is 0 Å².